The first kappa shape index (κ1) is 23.4. The molecule has 0 fully saturated rings. The number of hydrogen-bond acceptors (Lipinski definition) is 7. The molecule has 1 N–H and O–H groups in total. The Balaban J connectivity index is 1.62. The number of para-hydroxylation sites is 1. The van der Waals surface area contributed by atoms with Gasteiger partial charge >= 0.3 is 0 Å². The fraction of sp³-hybridized carbons (Fsp3) is 0.125. The summed E-state index contributed by atoms with van der Waals surface area (Å²) in [5, 5.41) is 14.8. The molecule has 4 aromatic rings. The highest BCUT2D eigenvalue weighted by Gasteiger charge is 2.19. The van der Waals surface area contributed by atoms with E-state index in [1.807, 2.05) is 36.4 Å². The molecule has 0 spiro atoms. The Morgan fingerprint density at radius 1 is 1.26 bits per heavy atom. The van der Waals surface area contributed by atoms with Gasteiger partial charge in [-0.05, 0) is 24.1 Å². The second kappa shape index (κ2) is 10.0. The Hall–Kier alpha value is -3.76. The van der Waals surface area contributed by atoms with E-state index in [-0.39, 0.29) is 29.2 Å². The van der Waals surface area contributed by atoms with Crippen molar-refractivity contribution in [1.82, 2.24) is 9.55 Å². The number of nitro benzene ring substituents is 1. The third kappa shape index (κ3) is 4.78. The van der Waals surface area contributed by atoms with Crippen molar-refractivity contribution >= 4 is 50.6 Å². The quantitative estimate of drug-likeness (QED) is 0.118. The first-order chi connectivity index (χ1) is 16.4. The summed E-state index contributed by atoms with van der Waals surface area (Å²) in [6.07, 6.45) is 1.60. The molecule has 10 heteroatoms. The zero-order valence-electron chi connectivity index (χ0n) is 18.2. The molecule has 0 unspecified atom stereocenters. The van der Waals surface area contributed by atoms with Gasteiger partial charge in [0.05, 0.1) is 16.1 Å². The molecule has 4 rings (SSSR count). The van der Waals surface area contributed by atoms with E-state index in [0.29, 0.717) is 20.9 Å². The fourth-order valence-corrected chi connectivity index (χ4v) is 5.30. The van der Waals surface area contributed by atoms with Gasteiger partial charge in [0.25, 0.3) is 11.2 Å². The number of carbonyl (C=O) groups excluding carboxylic acids is 1. The first-order valence-electron chi connectivity index (χ1n) is 10.3. The Morgan fingerprint density at radius 3 is 2.74 bits per heavy atom. The lowest BCUT2D eigenvalue weighted by Gasteiger charge is -2.11. The van der Waals surface area contributed by atoms with E-state index in [9.17, 15) is 19.7 Å². The second-order valence-corrected chi connectivity index (χ2v) is 9.33. The minimum absolute atomic E-state index is 0.0719. The zero-order chi connectivity index (χ0) is 24.2. The molecule has 2 aromatic heterocycles. The third-order valence-corrected chi connectivity index (χ3v) is 7.08. The summed E-state index contributed by atoms with van der Waals surface area (Å²) in [4.78, 5) is 42.8. The van der Waals surface area contributed by atoms with Gasteiger partial charge in [-0.25, -0.2) is 4.98 Å². The number of rotatable bonds is 8. The molecule has 0 aliphatic rings. The maximum atomic E-state index is 13.2. The van der Waals surface area contributed by atoms with Crippen LogP contribution in [0.2, 0.25) is 0 Å². The lowest BCUT2D eigenvalue weighted by molar-refractivity contribution is -0.384. The molecule has 1 amide bonds. The van der Waals surface area contributed by atoms with Gasteiger partial charge in [-0.2, -0.15) is 0 Å². The van der Waals surface area contributed by atoms with Crippen LogP contribution in [-0.2, 0) is 11.3 Å². The molecule has 34 heavy (non-hydrogen) atoms. The highest BCUT2D eigenvalue weighted by molar-refractivity contribution is 7.99. The summed E-state index contributed by atoms with van der Waals surface area (Å²) in [6, 6.07) is 16.2. The van der Waals surface area contributed by atoms with E-state index >= 15 is 0 Å². The summed E-state index contributed by atoms with van der Waals surface area (Å²) >= 11 is 2.51. The summed E-state index contributed by atoms with van der Waals surface area (Å²) in [6.45, 7) is 5.65. The van der Waals surface area contributed by atoms with Crippen LogP contribution in [0, 0.1) is 17.0 Å². The normalized spacial score (nSPS) is 10.9. The van der Waals surface area contributed by atoms with Crippen molar-refractivity contribution in [3.63, 3.8) is 0 Å². The largest absolute Gasteiger partial charge is 0.319 e. The van der Waals surface area contributed by atoms with Crippen LogP contribution in [0.25, 0.3) is 20.7 Å². The van der Waals surface area contributed by atoms with Crippen molar-refractivity contribution in [3.8, 4) is 10.4 Å². The van der Waals surface area contributed by atoms with Gasteiger partial charge in [0.1, 0.15) is 10.5 Å². The van der Waals surface area contributed by atoms with Gasteiger partial charge in [-0.3, -0.25) is 24.3 Å². The van der Waals surface area contributed by atoms with Crippen LogP contribution in [0.4, 0.5) is 11.4 Å². The number of amides is 1. The predicted molar refractivity (Wildman–Crippen MR) is 137 cm³/mol. The number of anilines is 1. The van der Waals surface area contributed by atoms with Gasteiger partial charge in [-0.1, -0.05) is 60.3 Å². The molecule has 172 valence electrons. The Morgan fingerprint density at radius 2 is 2.03 bits per heavy atom. The number of benzene rings is 2. The molecule has 2 aromatic carbocycles. The van der Waals surface area contributed by atoms with Crippen LogP contribution in [0.1, 0.15) is 5.56 Å². The van der Waals surface area contributed by atoms with Crippen LogP contribution in [-0.4, -0.2) is 26.1 Å². The van der Waals surface area contributed by atoms with Crippen LogP contribution in [0.15, 0.2) is 77.2 Å². The van der Waals surface area contributed by atoms with Crippen molar-refractivity contribution in [2.75, 3.05) is 11.1 Å². The highest BCUT2D eigenvalue weighted by Crippen LogP contribution is 2.32. The molecule has 0 saturated carbocycles. The van der Waals surface area contributed by atoms with Crippen LogP contribution in [0.5, 0.6) is 0 Å². The average Bonchev–Trinajstić information content (AvgIpc) is 3.26. The number of allylic oxidation sites excluding steroid dienone is 1. The number of thioether (sulfide) groups is 1. The molecule has 0 radical (unpaired) electrons. The Bertz CT molecular complexity index is 1460. The topological polar surface area (TPSA) is 107 Å². The van der Waals surface area contributed by atoms with E-state index in [4.69, 9.17) is 0 Å². The van der Waals surface area contributed by atoms with Gasteiger partial charge in [0.2, 0.25) is 5.91 Å². The Kier molecular flexibility index (Phi) is 6.90. The predicted octanol–water partition coefficient (Wildman–Crippen LogP) is 5.26. The van der Waals surface area contributed by atoms with E-state index in [1.54, 1.807) is 25.1 Å². The number of aryl methyl sites for hydroxylation is 1. The smallest absolute Gasteiger partial charge is 0.293 e. The summed E-state index contributed by atoms with van der Waals surface area (Å²) < 4.78 is 1.48. The first-order valence-corrected chi connectivity index (χ1v) is 12.1. The summed E-state index contributed by atoms with van der Waals surface area (Å²) in [5.74, 6) is -0.504. The molecule has 0 aliphatic heterocycles. The Labute approximate surface area is 203 Å². The standard InChI is InChI=1S/C24H20N4O4S2/c1-3-12-27-23(30)17-13-19(16-9-5-4-6-10-16)34-22(17)26-24(27)33-14-20(29)25-21-15(2)8-7-11-18(21)28(31)32/h3-11,13H,1,12,14H2,2H3,(H,25,29). The third-order valence-electron chi connectivity index (χ3n) is 5.03. The molecule has 0 aliphatic carbocycles. The van der Waals surface area contributed by atoms with E-state index in [0.717, 1.165) is 22.2 Å². The minimum Gasteiger partial charge on any atom is -0.319 e. The number of carbonyl (C=O) groups is 1. The van der Waals surface area contributed by atoms with E-state index < -0.39 is 10.8 Å². The number of nitro groups is 1. The van der Waals surface area contributed by atoms with E-state index in [1.165, 1.54) is 22.0 Å². The molecule has 0 saturated heterocycles. The number of aromatic nitrogens is 2. The maximum absolute atomic E-state index is 13.2. The lowest BCUT2D eigenvalue weighted by Crippen LogP contribution is -2.23. The number of nitrogens with one attached hydrogen (secondary N) is 1. The van der Waals surface area contributed by atoms with Crippen molar-refractivity contribution in [2.24, 2.45) is 0 Å². The van der Waals surface area contributed by atoms with Crippen LogP contribution in [0.3, 0.4) is 0 Å². The van der Waals surface area contributed by atoms with Crippen molar-refractivity contribution in [1.29, 1.82) is 0 Å². The monoisotopic (exact) mass is 492 g/mol. The van der Waals surface area contributed by atoms with Crippen molar-refractivity contribution < 1.29 is 9.72 Å². The fourth-order valence-electron chi connectivity index (χ4n) is 3.41. The molecule has 0 bridgehead atoms. The van der Waals surface area contributed by atoms with Gasteiger partial charge in [0, 0.05) is 17.5 Å². The SMILES string of the molecule is C=CCn1c(SCC(=O)Nc2c(C)cccc2[N+](=O)[O-])nc2sc(-c3ccccc3)cc2c1=O. The number of thiophene rings is 1. The van der Waals surface area contributed by atoms with Crippen LogP contribution >= 0.6 is 23.1 Å². The number of hydrogen-bond donors (Lipinski definition) is 1. The highest BCUT2D eigenvalue weighted by atomic mass is 32.2. The minimum atomic E-state index is -0.534. The van der Waals surface area contributed by atoms with Gasteiger partial charge < -0.3 is 5.32 Å². The van der Waals surface area contributed by atoms with Crippen molar-refractivity contribution in [3.05, 3.63) is 93.3 Å². The average molecular weight is 493 g/mol. The van der Waals surface area contributed by atoms with Crippen molar-refractivity contribution in [2.45, 2.75) is 18.6 Å². The lowest BCUT2D eigenvalue weighted by atomic mass is 10.1. The molecular weight excluding hydrogens is 472 g/mol. The summed E-state index contributed by atoms with van der Waals surface area (Å²) in [5.41, 5.74) is 1.36. The molecule has 0 atom stereocenters. The van der Waals surface area contributed by atoms with E-state index in [2.05, 4.69) is 16.9 Å². The zero-order valence-corrected chi connectivity index (χ0v) is 19.8. The maximum Gasteiger partial charge on any atom is 0.293 e. The molecule has 2 heterocycles. The molecule has 8 nitrogen and oxygen atoms in total. The number of fused-ring (bicyclic) bond motifs is 1. The summed E-state index contributed by atoms with van der Waals surface area (Å²) in [7, 11) is 0. The molecular formula is C24H20N4O4S2. The van der Waals surface area contributed by atoms with Gasteiger partial charge in [-0.15, -0.1) is 17.9 Å². The number of nitrogens with zero attached hydrogens (tertiary/aromatic N) is 3. The van der Waals surface area contributed by atoms with Gasteiger partial charge in [0.15, 0.2) is 5.16 Å². The second-order valence-electron chi connectivity index (χ2n) is 7.36. The van der Waals surface area contributed by atoms with Crippen LogP contribution < -0.4 is 10.9 Å².